The lowest BCUT2D eigenvalue weighted by atomic mass is 10.0. The van der Waals surface area contributed by atoms with Crippen molar-refractivity contribution >= 4 is 91.7 Å². The van der Waals surface area contributed by atoms with E-state index in [0.717, 1.165) is 38.7 Å². The van der Waals surface area contributed by atoms with E-state index >= 15 is 0 Å². The molecule has 0 radical (unpaired) electrons. The second kappa shape index (κ2) is 15.0. The molecule has 0 spiro atoms. The fourth-order valence-corrected chi connectivity index (χ4v) is 8.01. The van der Waals surface area contributed by atoms with Gasteiger partial charge < -0.3 is 35.9 Å². The highest BCUT2D eigenvalue weighted by atomic mass is 35.5. The highest BCUT2D eigenvalue weighted by molar-refractivity contribution is 6.41. The maximum absolute atomic E-state index is 14.3. The number of hydrogen-bond donors (Lipinski definition) is 5. The Bertz CT molecular complexity index is 2670. The number of aromatic nitrogens is 4. The van der Waals surface area contributed by atoms with Crippen LogP contribution in [0.5, 0.6) is 11.5 Å². The minimum absolute atomic E-state index is 0.309. The molecule has 1 aliphatic rings. The maximum Gasteiger partial charge on any atom is 0.123 e. The summed E-state index contributed by atoms with van der Waals surface area (Å²) in [5, 5.41) is 1.50. The van der Waals surface area contributed by atoms with Crippen molar-refractivity contribution in [2.24, 2.45) is 11.5 Å². The molecule has 0 amide bonds. The molecular weight excluding hydrogens is 769 g/mol. The molecule has 0 atom stereocenters. The monoisotopic (exact) mass is 798 g/mol. The van der Waals surface area contributed by atoms with Crippen molar-refractivity contribution < 1.29 is 13.9 Å². The number of rotatable bonds is 9. The average Bonchev–Trinajstić information content (AvgIpc) is 3.99. The fraction of sp³-hybridized carbons (Fsp3) is 0.0976. The normalized spacial score (nSPS) is 11.8. The van der Waals surface area contributed by atoms with Gasteiger partial charge in [-0.1, -0.05) is 58.5 Å². The minimum Gasteiger partial charge on any atom is -0.492 e. The van der Waals surface area contributed by atoms with E-state index in [1.54, 1.807) is 36.4 Å². The van der Waals surface area contributed by atoms with Gasteiger partial charge in [-0.2, -0.15) is 0 Å². The molecule has 0 saturated heterocycles. The fourth-order valence-electron chi connectivity index (χ4n) is 6.70. The first-order valence-electron chi connectivity index (χ1n) is 17.0. The Labute approximate surface area is 328 Å². The van der Waals surface area contributed by atoms with Crippen LogP contribution in [-0.4, -0.2) is 46.2 Å². The van der Waals surface area contributed by atoms with Crippen molar-refractivity contribution in [3.8, 4) is 44.9 Å². The molecule has 272 valence electrons. The SMILES string of the molecule is NCCOc1cc(Cl)c(-c2c3nc(c4ccc([nH]4)c(-c4c(Cl)cc(OCCN)cc4Cl)c4ccc([nH]4)c(-c4ccc(F)cc4)c4ccc2[nH]4)C=C3)c(Cl)c1. The van der Waals surface area contributed by atoms with Gasteiger partial charge in [0.1, 0.15) is 30.5 Å². The van der Waals surface area contributed by atoms with Crippen molar-refractivity contribution in [3.05, 3.63) is 122 Å². The zero-order valence-electron chi connectivity index (χ0n) is 28.4. The Balaban J connectivity index is 1.49. The van der Waals surface area contributed by atoms with Crippen LogP contribution >= 0.6 is 46.4 Å². The molecule has 54 heavy (non-hydrogen) atoms. The predicted octanol–water partition coefficient (Wildman–Crippen LogP) is 11.1. The summed E-state index contributed by atoms with van der Waals surface area (Å²) in [6.45, 7) is 1.30. The van der Waals surface area contributed by atoms with E-state index in [1.807, 2.05) is 48.6 Å². The van der Waals surface area contributed by atoms with Crippen LogP contribution in [0.3, 0.4) is 0 Å². The van der Waals surface area contributed by atoms with Gasteiger partial charge >= 0.3 is 0 Å². The first-order chi connectivity index (χ1) is 26.2. The molecule has 8 nitrogen and oxygen atoms in total. The molecule has 8 rings (SSSR count). The van der Waals surface area contributed by atoms with Gasteiger partial charge in [0.25, 0.3) is 0 Å². The molecule has 4 aromatic heterocycles. The van der Waals surface area contributed by atoms with Gasteiger partial charge in [-0.15, -0.1) is 0 Å². The molecular formula is C41H31Cl4FN6O2. The van der Waals surface area contributed by atoms with Crippen molar-refractivity contribution in [2.45, 2.75) is 0 Å². The van der Waals surface area contributed by atoms with Crippen LogP contribution in [0.4, 0.5) is 4.39 Å². The van der Waals surface area contributed by atoms with Crippen LogP contribution in [0.15, 0.2) is 84.9 Å². The van der Waals surface area contributed by atoms with Crippen LogP contribution in [-0.2, 0) is 0 Å². The Morgan fingerprint density at radius 3 is 1.41 bits per heavy atom. The summed E-state index contributed by atoms with van der Waals surface area (Å²) < 4.78 is 25.8. The Morgan fingerprint density at radius 2 is 0.907 bits per heavy atom. The zero-order valence-corrected chi connectivity index (χ0v) is 31.4. The number of nitrogens with two attached hydrogens (primary N) is 2. The Kier molecular flexibility index (Phi) is 10.0. The van der Waals surface area contributed by atoms with Crippen LogP contribution in [0.25, 0.3) is 78.6 Å². The van der Waals surface area contributed by atoms with E-state index in [4.69, 9.17) is 72.3 Å². The number of halogens is 5. The summed E-state index contributed by atoms with van der Waals surface area (Å²) in [6.07, 6.45) is 3.84. The standard InChI is InChI=1S/C41H31Cl4FN6O2/c42-25-17-23(53-15-13-47)18-26(43)38(25)40-33-7-5-29(49-33)30-6-8-34(50-30)41(39-27(44)19-24(20-28(39)45)54-16-14-48)36-12-10-32(52-36)37(31-9-11-35(40)51-31)21-1-3-22(46)4-2-21/h1-12,17-20,49,51-52H,13-16,47-48H2. The minimum atomic E-state index is -0.353. The van der Waals surface area contributed by atoms with Crippen molar-refractivity contribution in [1.29, 1.82) is 0 Å². The van der Waals surface area contributed by atoms with Crippen LogP contribution in [0.1, 0.15) is 11.4 Å². The number of H-pyrrole nitrogens is 3. The summed E-state index contributed by atoms with van der Waals surface area (Å²) in [5.74, 6) is 0.650. The number of benzene rings is 3. The largest absolute Gasteiger partial charge is 0.492 e. The topological polar surface area (TPSA) is 131 Å². The lowest BCUT2D eigenvalue weighted by molar-refractivity contribution is 0.328. The van der Waals surface area contributed by atoms with Gasteiger partial charge in [0.05, 0.1) is 37.0 Å². The average molecular weight is 801 g/mol. The van der Waals surface area contributed by atoms with E-state index in [0.29, 0.717) is 97.1 Å². The highest BCUT2D eigenvalue weighted by Gasteiger charge is 2.21. The predicted molar refractivity (Wildman–Crippen MR) is 221 cm³/mol. The molecule has 8 bridgehead atoms. The zero-order chi connectivity index (χ0) is 37.5. The van der Waals surface area contributed by atoms with Gasteiger partial charge in [0.2, 0.25) is 0 Å². The van der Waals surface area contributed by atoms with Crippen LogP contribution in [0.2, 0.25) is 20.1 Å². The van der Waals surface area contributed by atoms with E-state index in [2.05, 4.69) is 15.0 Å². The highest BCUT2D eigenvalue weighted by Crippen LogP contribution is 2.44. The molecule has 13 heteroatoms. The third-order valence-electron chi connectivity index (χ3n) is 9.01. The van der Waals surface area contributed by atoms with Gasteiger partial charge in [-0.05, 0) is 90.5 Å². The van der Waals surface area contributed by atoms with Gasteiger partial charge in [0.15, 0.2) is 0 Å². The number of fused-ring (bicyclic) bond motifs is 9. The molecule has 1 aliphatic heterocycles. The first kappa shape index (κ1) is 36.0. The van der Waals surface area contributed by atoms with Crippen molar-refractivity contribution in [3.63, 3.8) is 0 Å². The molecule has 0 unspecified atom stereocenters. The molecule has 0 saturated carbocycles. The lowest BCUT2D eigenvalue weighted by Crippen LogP contribution is -2.10. The van der Waals surface area contributed by atoms with Crippen LogP contribution < -0.4 is 20.9 Å². The van der Waals surface area contributed by atoms with E-state index in [1.165, 1.54) is 12.1 Å². The summed E-state index contributed by atoms with van der Waals surface area (Å²) in [4.78, 5) is 15.9. The summed E-state index contributed by atoms with van der Waals surface area (Å²) in [5.41, 5.74) is 21.1. The Morgan fingerprint density at radius 1 is 0.500 bits per heavy atom. The molecule has 3 aromatic carbocycles. The Hall–Kier alpha value is -5.00. The molecule has 0 fully saturated rings. The smallest absolute Gasteiger partial charge is 0.123 e. The second-order valence-electron chi connectivity index (χ2n) is 12.5. The third kappa shape index (κ3) is 6.79. The van der Waals surface area contributed by atoms with Gasteiger partial charge in [-0.25, -0.2) is 9.37 Å². The summed E-state index contributed by atoms with van der Waals surface area (Å²) in [6, 6.07) is 24.9. The second-order valence-corrected chi connectivity index (χ2v) is 14.1. The number of nitrogens with zero attached hydrogens (tertiary/aromatic N) is 1. The molecule has 7 aromatic rings. The molecule has 7 N–H and O–H groups in total. The number of ether oxygens (including phenoxy) is 2. The van der Waals surface area contributed by atoms with E-state index < -0.39 is 0 Å². The van der Waals surface area contributed by atoms with Crippen molar-refractivity contribution in [1.82, 2.24) is 19.9 Å². The maximum atomic E-state index is 14.3. The van der Waals surface area contributed by atoms with Crippen molar-refractivity contribution in [2.75, 3.05) is 26.3 Å². The van der Waals surface area contributed by atoms with Crippen LogP contribution in [0, 0.1) is 5.82 Å². The lowest BCUT2D eigenvalue weighted by Gasteiger charge is -2.12. The first-order valence-corrected chi connectivity index (χ1v) is 18.5. The summed E-state index contributed by atoms with van der Waals surface area (Å²) in [7, 11) is 0. The summed E-state index contributed by atoms with van der Waals surface area (Å²) >= 11 is 28.0. The van der Waals surface area contributed by atoms with Gasteiger partial charge in [0, 0.05) is 68.5 Å². The molecule has 0 aliphatic carbocycles. The van der Waals surface area contributed by atoms with E-state index in [9.17, 15) is 4.39 Å². The third-order valence-corrected chi connectivity index (χ3v) is 10.2. The van der Waals surface area contributed by atoms with E-state index in [-0.39, 0.29) is 5.82 Å². The number of aromatic amines is 3. The van der Waals surface area contributed by atoms with Gasteiger partial charge in [-0.3, -0.25) is 0 Å². The quantitative estimate of drug-likeness (QED) is 0.0992. The number of hydrogen-bond acceptors (Lipinski definition) is 5. The molecule has 5 heterocycles. The number of nitrogens with one attached hydrogen (secondary N) is 3.